The third-order valence-corrected chi connectivity index (χ3v) is 9.00. The van der Waals surface area contributed by atoms with Crippen molar-refractivity contribution in [1.82, 2.24) is 0 Å². The molecule has 4 fully saturated rings. The zero-order valence-corrected chi connectivity index (χ0v) is 18.3. The molecule has 1 unspecified atom stereocenters. The summed E-state index contributed by atoms with van der Waals surface area (Å²) >= 11 is -0.647. The molecule has 0 aromatic heterocycles. The van der Waals surface area contributed by atoms with Gasteiger partial charge in [0.25, 0.3) is 0 Å². The zero-order valence-electron chi connectivity index (χ0n) is 16.7. The van der Waals surface area contributed by atoms with Gasteiger partial charge in [-0.2, -0.15) is 4.21 Å². The normalized spacial score (nSPS) is 32.3. The van der Waals surface area contributed by atoms with Crippen LogP contribution in [0.25, 0.3) is 0 Å². The number of hydrogen-bond acceptors (Lipinski definition) is 4. The van der Waals surface area contributed by atoms with Crippen LogP contribution in [0.1, 0.15) is 58.8 Å². The van der Waals surface area contributed by atoms with E-state index < -0.39 is 11.4 Å². The minimum atomic E-state index is -2.30. The Morgan fingerprint density at radius 2 is 1.68 bits per heavy atom. The molecular weight excluding hydrogens is 392 g/mol. The lowest BCUT2D eigenvalue weighted by molar-refractivity contribution is -0.154. The van der Waals surface area contributed by atoms with Gasteiger partial charge >= 0.3 is 11.4 Å². The van der Waals surface area contributed by atoms with Gasteiger partial charge in [-0.05, 0) is 86.0 Å². The summed E-state index contributed by atoms with van der Waals surface area (Å²) < 4.78 is 24.2. The minimum Gasteiger partial charge on any atom is -0.380 e. The summed E-state index contributed by atoms with van der Waals surface area (Å²) in [6, 6.07) is 7.08. The second-order valence-electron chi connectivity index (χ2n) is 9.62. The molecular formula is C22H30O4S2. The molecule has 4 aliphatic rings. The number of thioether (sulfide) groups is 1. The number of carbonyl (C=O) groups is 1. The number of Topliss-reactive ketones (excluding diaryl/α,β-unsaturated/α-hetero) is 1. The van der Waals surface area contributed by atoms with E-state index in [4.69, 9.17) is 8.74 Å². The van der Waals surface area contributed by atoms with Crippen LogP contribution in [0.15, 0.2) is 29.2 Å². The quantitative estimate of drug-likeness (QED) is 0.443. The van der Waals surface area contributed by atoms with Gasteiger partial charge in [-0.25, -0.2) is 0 Å². The van der Waals surface area contributed by atoms with Gasteiger partial charge in [-0.1, -0.05) is 13.8 Å². The molecule has 5 rings (SSSR count). The SMILES string of the molecule is CC(C)(C(=O)CCSc1ccc(OS(=O)O)cc1)C12CC3CC(CC(C3)C1)C2. The van der Waals surface area contributed by atoms with Crippen molar-refractivity contribution in [2.24, 2.45) is 28.6 Å². The summed E-state index contributed by atoms with van der Waals surface area (Å²) in [6.07, 6.45) is 8.60. The third kappa shape index (κ3) is 3.92. The van der Waals surface area contributed by atoms with Crippen molar-refractivity contribution >= 4 is 28.9 Å². The van der Waals surface area contributed by atoms with E-state index in [0.29, 0.717) is 18.0 Å². The molecule has 4 aliphatic carbocycles. The Morgan fingerprint density at radius 3 is 2.18 bits per heavy atom. The smallest absolute Gasteiger partial charge is 0.357 e. The monoisotopic (exact) mass is 422 g/mol. The Kier molecular flexibility index (Phi) is 5.66. The largest absolute Gasteiger partial charge is 0.380 e. The topological polar surface area (TPSA) is 63.6 Å². The standard InChI is InChI=1S/C22H30O4S2/c1-21(2,22-12-15-9-16(13-22)11-17(10-15)14-22)20(23)7-8-27-19-5-3-18(4-6-19)26-28(24)25/h3-6,15-17H,7-14H2,1-2H3,(H,24,25). The highest BCUT2D eigenvalue weighted by Crippen LogP contribution is 2.66. The molecule has 1 aromatic carbocycles. The molecule has 1 aromatic rings. The van der Waals surface area contributed by atoms with Crippen LogP contribution in [-0.2, 0) is 16.2 Å². The Labute approximate surface area is 174 Å². The third-order valence-electron chi connectivity index (χ3n) is 7.65. The van der Waals surface area contributed by atoms with Crippen molar-refractivity contribution in [2.45, 2.75) is 63.7 Å². The molecule has 4 saturated carbocycles. The van der Waals surface area contributed by atoms with Gasteiger partial charge in [0.15, 0.2) is 0 Å². The van der Waals surface area contributed by atoms with E-state index in [2.05, 4.69) is 13.8 Å². The maximum absolute atomic E-state index is 13.3. The molecule has 28 heavy (non-hydrogen) atoms. The fraction of sp³-hybridized carbons (Fsp3) is 0.682. The van der Waals surface area contributed by atoms with Crippen molar-refractivity contribution in [3.63, 3.8) is 0 Å². The van der Waals surface area contributed by atoms with E-state index in [1.807, 2.05) is 12.1 Å². The minimum absolute atomic E-state index is 0.230. The van der Waals surface area contributed by atoms with Gasteiger partial charge in [0.2, 0.25) is 0 Å². The first-order valence-corrected chi connectivity index (χ1v) is 12.3. The Bertz CT molecular complexity index is 721. The first-order chi connectivity index (χ1) is 13.3. The molecule has 1 atom stereocenters. The summed E-state index contributed by atoms with van der Waals surface area (Å²) in [5, 5.41) is 0. The van der Waals surface area contributed by atoms with Crippen molar-refractivity contribution in [3.8, 4) is 5.75 Å². The van der Waals surface area contributed by atoms with E-state index in [0.717, 1.165) is 28.4 Å². The van der Waals surface area contributed by atoms with Gasteiger partial charge < -0.3 is 4.18 Å². The van der Waals surface area contributed by atoms with E-state index in [1.54, 1.807) is 23.9 Å². The highest BCUT2D eigenvalue weighted by atomic mass is 32.2. The lowest BCUT2D eigenvalue weighted by Gasteiger charge is -2.62. The van der Waals surface area contributed by atoms with Crippen LogP contribution in [-0.4, -0.2) is 20.3 Å². The fourth-order valence-corrected chi connectivity index (χ4v) is 7.55. The summed E-state index contributed by atoms with van der Waals surface area (Å²) in [4.78, 5) is 14.3. The number of carbonyl (C=O) groups excluding carboxylic acids is 1. The van der Waals surface area contributed by atoms with Crippen molar-refractivity contribution in [2.75, 3.05) is 5.75 Å². The first kappa shape index (κ1) is 20.4. The molecule has 4 nitrogen and oxygen atoms in total. The fourth-order valence-electron chi connectivity index (χ4n) is 6.42. The predicted octanol–water partition coefficient (Wildman–Crippen LogP) is 5.50. The van der Waals surface area contributed by atoms with Crippen LogP contribution in [0.3, 0.4) is 0 Å². The van der Waals surface area contributed by atoms with Crippen LogP contribution in [0.4, 0.5) is 0 Å². The summed E-state index contributed by atoms with van der Waals surface area (Å²) in [5.41, 5.74) is 0.00882. The Balaban J connectivity index is 1.34. The first-order valence-electron chi connectivity index (χ1n) is 10.3. The highest BCUT2D eigenvalue weighted by Gasteiger charge is 2.58. The molecule has 0 aliphatic heterocycles. The molecule has 0 heterocycles. The zero-order chi connectivity index (χ0) is 19.9. The van der Waals surface area contributed by atoms with E-state index in [-0.39, 0.29) is 10.8 Å². The highest BCUT2D eigenvalue weighted by molar-refractivity contribution is 7.99. The van der Waals surface area contributed by atoms with Crippen LogP contribution >= 0.6 is 11.8 Å². The predicted molar refractivity (Wildman–Crippen MR) is 113 cm³/mol. The van der Waals surface area contributed by atoms with E-state index in [9.17, 15) is 9.00 Å². The molecule has 0 spiro atoms. The van der Waals surface area contributed by atoms with Gasteiger partial charge in [0.05, 0.1) is 0 Å². The molecule has 4 bridgehead atoms. The van der Waals surface area contributed by atoms with Crippen LogP contribution in [0.2, 0.25) is 0 Å². The van der Waals surface area contributed by atoms with Gasteiger partial charge in [0.1, 0.15) is 11.5 Å². The number of rotatable bonds is 8. The maximum atomic E-state index is 13.3. The molecule has 0 amide bonds. The van der Waals surface area contributed by atoms with E-state index >= 15 is 0 Å². The number of hydrogen-bond donors (Lipinski definition) is 1. The Hall–Kier alpha value is -0.850. The molecule has 154 valence electrons. The molecule has 0 saturated heterocycles. The van der Waals surface area contributed by atoms with Gasteiger partial charge in [0, 0.05) is 22.5 Å². The summed E-state index contributed by atoms with van der Waals surface area (Å²) in [7, 11) is 0. The van der Waals surface area contributed by atoms with Crippen molar-refractivity contribution < 1.29 is 17.7 Å². The molecule has 6 heteroatoms. The lowest BCUT2D eigenvalue weighted by Crippen LogP contribution is -2.55. The van der Waals surface area contributed by atoms with Crippen molar-refractivity contribution in [1.29, 1.82) is 0 Å². The molecule has 1 N–H and O–H groups in total. The summed E-state index contributed by atoms with van der Waals surface area (Å²) in [5.74, 6) is 4.13. The summed E-state index contributed by atoms with van der Waals surface area (Å²) in [6.45, 7) is 4.43. The van der Waals surface area contributed by atoms with Crippen LogP contribution in [0.5, 0.6) is 5.75 Å². The molecule has 0 radical (unpaired) electrons. The van der Waals surface area contributed by atoms with Crippen LogP contribution in [0, 0.1) is 28.6 Å². The number of benzene rings is 1. The van der Waals surface area contributed by atoms with Gasteiger partial charge in [-0.15, -0.1) is 11.8 Å². The average molecular weight is 423 g/mol. The van der Waals surface area contributed by atoms with Crippen molar-refractivity contribution in [3.05, 3.63) is 24.3 Å². The maximum Gasteiger partial charge on any atom is 0.357 e. The second-order valence-corrected chi connectivity index (χ2v) is 11.4. The lowest BCUT2D eigenvalue weighted by atomic mass is 9.42. The number of ketones is 1. The van der Waals surface area contributed by atoms with E-state index in [1.165, 1.54) is 38.5 Å². The second kappa shape index (κ2) is 7.77. The Morgan fingerprint density at radius 1 is 1.14 bits per heavy atom. The van der Waals surface area contributed by atoms with Gasteiger partial charge in [-0.3, -0.25) is 9.35 Å². The van der Waals surface area contributed by atoms with Crippen LogP contribution < -0.4 is 4.18 Å². The average Bonchev–Trinajstić information content (AvgIpc) is 2.61.